The Morgan fingerprint density at radius 2 is 1.00 bits per heavy atom. The molecule has 2 aliphatic carbocycles. The summed E-state index contributed by atoms with van der Waals surface area (Å²) in [6.07, 6.45) is 2.27. The molecule has 2 aliphatic heterocycles. The normalized spacial score (nSPS) is 18.3. The SMILES string of the molecule is Cc1cc2c3c(c1)N(c1ccc(C(C)(C)C)cc1-c1ccc(C(C)(C)C)cc1)c1c(sc4cc(C(C)(C)C)ccc14)B3c1cc3c(cc1N2c1ccc2c(c1)C(C)(C)CC2(C)C)C(C)(C)CC3(C)C. The molecule has 1 aromatic heterocycles. The van der Waals surface area contributed by atoms with Gasteiger partial charge in [-0.3, -0.25) is 0 Å². The highest BCUT2D eigenvalue weighted by Crippen LogP contribution is 2.56. The van der Waals surface area contributed by atoms with Crippen molar-refractivity contribution in [3.8, 4) is 11.1 Å². The zero-order valence-corrected chi connectivity index (χ0v) is 45.9. The average Bonchev–Trinajstić information content (AvgIpc) is 3.77. The molecule has 0 N–H and O–H groups in total. The molecule has 11 rings (SSSR count). The zero-order valence-electron chi connectivity index (χ0n) is 45.1. The van der Waals surface area contributed by atoms with Crippen molar-refractivity contribution in [2.24, 2.45) is 0 Å². The summed E-state index contributed by atoms with van der Waals surface area (Å²) >= 11 is 2.03. The number of thiophene rings is 1. The van der Waals surface area contributed by atoms with Gasteiger partial charge in [0.25, 0.3) is 6.71 Å². The van der Waals surface area contributed by atoms with E-state index in [4.69, 9.17) is 0 Å². The van der Waals surface area contributed by atoms with Crippen LogP contribution in [0.1, 0.15) is 175 Å². The summed E-state index contributed by atoms with van der Waals surface area (Å²) in [4.78, 5) is 5.41. The second-order valence-electron chi connectivity index (χ2n) is 27.5. The van der Waals surface area contributed by atoms with Gasteiger partial charge >= 0.3 is 0 Å². The fourth-order valence-corrected chi connectivity index (χ4v) is 15.1. The van der Waals surface area contributed by atoms with E-state index in [0.717, 1.165) is 12.8 Å². The molecule has 0 saturated heterocycles. The maximum Gasteiger partial charge on any atom is 0.264 e. The van der Waals surface area contributed by atoms with Gasteiger partial charge in [-0.25, -0.2) is 0 Å². The van der Waals surface area contributed by atoms with Crippen molar-refractivity contribution in [3.63, 3.8) is 0 Å². The van der Waals surface area contributed by atoms with Crippen LogP contribution in [0.2, 0.25) is 0 Å². The first kappa shape index (κ1) is 46.3. The van der Waals surface area contributed by atoms with Crippen molar-refractivity contribution in [1.29, 1.82) is 0 Å². The second-order valence-corrected chi connectivity index (χ2v) is 28.6. The Bertz CT molecular complexity index is 3300. The molecule has 7 aromatic rings. The smallest absolute Gasteiger partial charge is 0.264 e. The summed E-state index contributed by atoms with van der Waals surface area (Å²) in [5, 5.41) is 1.33. The molecule has 2 nitrogen and oxygen atoms in total. The van der Waals surface area contributed by atoms with Crippen molar-refractivity contribution in [2.45, 2.75) is 175 Å². The average molecular weight is 927 g/mol. The van der Waals surface area contributed by atoms with E-state index in [1.54, 1.807) is 0 Å². The van der Waals surface area contributed by atoms with Crippen LogP contribution >= 0.6 is 11.3 Å². The number of rotatable bonds is 3. The maximum atomic E-state index is 2.71. The monoisotopic (exact) mass is 927 g/mol. The van der Waals surface area contributed by atoms with Gasteiger partial charge in [0.15, 0.2) is 0 Å². The van der Waals surface area contributed by atoms with Crippen LogP contribution in [0, 0.1) is 6.92 Å². The predicted molar refractivity (Wildman–Crippen MR) is 303 cm³/mol. The fraction of sp³-hybridized carbons (Fsp3) is 0.415. The molecule has 354 valence electrons. The standard InChI is InChI=1S/C65H75BN2S/c1-38-29-53-56-54(30-38)68(51-28-24-41(60(5,6)7)31-45(51)39-19-21-40(22-20-39)59(2,3)4)57-44-26-23-42(61(8,9)10)32-55(44)69-58(57)66(56)50-34-48-49(65(17,18)37-64(48,15)16)35-52(50)67(53)43-25-27-46-47(33-43)63(13,14)36-62(46,11)12/h19-35H,36-37H2,1-18H3. The van der Waals surface area contributed by atoms with Crippen LogP contribution in [0.3, 0.4) is 0 Å². The molecule has 3 heterocycles. The van der Waals surface area contributed by atoms with Crippen LogP contribution in [0.15, 0.2) is 103 Å². The van der Waals surface area contributed by atoms with E-state index in [2.05, 4.69) is 238 Å². The minimum atomic E-state index is -0.0236. The van der Waals surface area contributed by atoms with Crippen LogP contribution in [0.5, 0.6) is 0 Å². The first-order valence-corrected chi connectivity index (χ1v) is 26.7. The van der Waals surface area contributed by atoms with Gasteiger partial charge < -0.3 is 9.80 Å². The molecule has 0 atom stereocenters. The molecule has 0 spiro atoms. The molecule has 4 aliphatic rings. The molecule has 0 radical (unpaired) electrons. The Morgan fingerprint density at radius 3 is 1.61 bits per heavy atom. The second kappa shape index (κ2) is 14.5. The van der Waals surface area contributed by atoms with Gasteiger partial charge in [0.1, 0.15) is 0 Å². The molecule has 69 heavy (non-hydrogen) atoms. The Morgan fingerprint density at radius 1 is 0.478 bits per heavy atom. The third kappa shape index (κ3) is 7.06. The lowest BCUT2D eigenvalue weighted by Gasteiger charge is -2.44. The van der Waals surface area contributed by atoms with Gasteiger partial charge in [-0.2, -0.15) is 0 Å². The van der Waals surface area contributed by atoms with E-state index >= 15 is 0 Å². The lowest BCUT2D eigenvalue weighted by Crippen LogP contribution is -2.60. The summed E-state index contributed by atoms with van der Waals surface area (Å²) in [6.45, 7) is 43.1. The number of nitrogens with zero attached hydrogens (tertiary/aromatic N) is 2. The molecule has 0 fully saturated rings. The molecular formula is C65H75BN2S. The highest BCUT2D eigenvalue weighted by atomic mass is 32.1. The van der Waals surface area contributed by atoms with Gasteiger partial charge in [0.05, 0.1) is 11.4 Å². The largest absolute Gasteiger partial charge is 0.311 e. The topological polar surface area (TPSA) is 6.48 Å². The molecule has 4 heteroatoms. The summed E-state index contributed by atoms with van der Waals surface area (Å²) < 4.78 is 2.80. The van der Waals surface area contributed by atoms with Crippen LogP contribution in [-0.2, 0) is 37.9 Å². The Kier molecular flexibility index (Phi) is 9.75. The number of hydrogen-bond donors (Lipinski definition) is 0. The predicted octanol–water partition coefficient (Wildman–Crippen LogP) is 16.8. The quantitative estimate of drug-likeness (QED) is 0.163. The van der Waals surface area contributed by atoms with Crippen LogP contribution < -0.4 is 25.5 Å². The van der Waals surface area contributed by atoms with E-state index in [1.165, 1.54) is 116 Å². The van der Waals surface area contributed by atoms with E-state index in [-0.39, 0.29) is 44.6 Å². The van der Waals surface area contributed by atoms with Gasteiger partial charge in [-0.05, 0) is 167 Å². The molecule has 0 amide bonds. The third-order valence-corrected chi connectivity index (χ3v) is 18.1. The molecule has 0 bridgehead atoms. The Balaban J connectivity index is 1.27. The van der Waals surface area contributed by atoms with Gasteiger partial charge in [0.2, 0.25) is 0 Å². The van der Waals surface area contributed by atoms with Crippen LogP contribution in [0.4, 0.5) is 34.1 Å². The minimum Gasteiger partial charge on any atom is -0.311 e. The van der Waals surface area contributed by atoms with Crippen LogP contribution in [0.25, 0.3) is 21.2 Å². The minimum absolute atomic E-state index is 0.0236. The number of anilines is 6. The number of fused-ring (bicyclic) bond motifs is 8. The lowest BCUT2D eigenvalue weighted by molar-refractivity contribution is 0.403. The first-order chi connectivity index (χ1) is 32.0. The van der Waals surface area contributed by atoms with E-state index in [9.17, 15) is 0 Å². The van der Waals surface area contributed by atoms with E-state index in [1.807, 2.05) is 11.3 Å². The van der Waals surface area contributed by atoms with Gasteiger partial charge in [-0.1, -0.05) is 172 Å². The fourth-order valence-electron chi connectivity index (χ4n) is 13.8. The first-order valence-electron chi connectivity index (χ1n) is 25.9. The van der Waals surface area contributed by atoms with Gasteiger partial charge in [-0.15, -0.1) is 11.3 Å². The molecule has 6 aromatic carbocycles. The number of benzene rings is 6. The summed E-state index contributed by atoms with van der Waals surface area (Å²) in [5.41, 5.74) is 24.8. The number of aryl methyl sites for hydroxylation is 1. The maximum absolute atomic E-state index is 2.71. The summed E-state index contributed by atoms with van der Waals surface area (Å²) in [5.74, 6) is 0. The van der Waals surface area contributed by atoms with Crippen molar-refractivity contribution >= 4 is 78.0 Å². The molecule has 0 saturated carbocycles. The third-order valence-electron chi connectivity index (χ3n) is 16.9. The van der Waals surface area contributed by atoms with Crippen LogP contribution in [-0.4, -0.2) is 6.71 Å². The lowest BCUT2D eigenvalue weighted by atomic mass is 9.36. The van der Waals surface area contributed by atoms with E-state index < -0.39 is 0 Å². The summed E-state index contributed by atoms with van der Waals surface area (Å²) in [6, 6.07) is 42.1. The molecule has 0 unspecified atom stereocenters. The molecular weight excluding hydrogens is 852 g/mol. The van der Waals surface area contributed by atoms with Gasteiger partial charge in [0, 0.05) is 43.2 Å². The Labute approximate surface area is 419 Å². The van der Waals surface area contributed by atoms with Crippen molar-refractivity contribution in [1.82, 2.24) is 0 Å². The van der Waals surface area contributed by atoms with Crippen molar-refractivity contribution < 1.29 is 0 Å². The highest BCUT2D eigenvalue weighted by Gasteiger charge is 2.50. The van der Waals surface area contributed by atoms with Crippen molar-refractivity contribution in [3.05, 3.63) is 148 Å². The Hall–Kier alpha value is -5.06. The summed E-state index contributed by atoms with van der Waals surface area (Å²) in [7, 11) is 0. The number of hydrogen-bond acceptors (Lipinski definition) is 3. The zero-order chi connectivity index (χ0) is 49.5. The highest BCUT2D eigenvalue weighted by molar-refractivity contribution is 7.33. The van der Waals surface area contributed by atoms with Crippen molar-refractivity contribution in [2.75, 3.05) is 9.80 Å². The van der Waals surface area contributed by atoms with E-state index in [0.29, 0.717) is 0 Å².